The molecule has 2 saturated carbocycles. The van der Waals surface area contributed by atoms with Crippen LogP contribution in [0.3, 0.4) is 0 Å². The van der Waals surface area contributed by atoms with E-state index in [1.807, 2.05) is 0 Å². The molecule has 1 aliphatic heterocycles. The Balaban J connectivity index is 1.47. The molecule has 0 atom stereocenters. The molecule has 0 amide bonds. The monoisotopic (exact) mass is 358 g/mol. The second-order valence-corrected chi connectivity index (χ2v) is 8.65. The fourth-order valence-corrected chi connectivity index (χ4v) is 5.13. The van der Waals surface area contributed by atoms with Crippen molar-refractivity contribution >= 4 is 11.8 Å². The van der Waals surface area contributed by atoms with Gasteiger partial charge in [0.25, 0.3) is 0 Å². The van der Waals surface area contributed by atoms with Gasteiger partial charge in [-0.2, -0.15) is 4.98 Å². The highest BCUT2D eigenvalue weighted by Gasteiger charge is 2.38. The largest absolute Gasteiger partial charge is 0.368 e. The van der Waals surface area contributed by atoms with Crippen LogP contribution >= 0.6 is 0 Å². The summed E-state index contributed by atoms with van der Waals surface area (Å²) < 4.78 is 0. The molecule has 1 aromatic rings. The van der Waals surface area contributed by atoms with Crippen molar-refractivity contribution in [2.24, 2.45) is 5.73 Å². The molecule has 4 rings (SSSR count). The van der Waals surface area contributed by atoms with E-state index in [9.17, 15) is 0 Å². The van der Waals surface area contributed by atoms with Crippen LogP contribution in [0.15, 0.2) is 6.07 Å². The maximum Gasteiger partial charge on any atom is 0.222 e. The average Bonchev–Trinajstić information content (AvgIpc) is 2.65. The van der Waals surface area contributed by atoms with E-state index >= 15 is 0 Å². The highest BCUT2D eigenvalue weighted by molar-refractivity contribution is 5.42. The highest BCUT2D eigenvalue weighted by Crippen LogP contribution is 2.37. The molecule has 1 saturated heterocycles. The minimum absolute atomic E-state index is 0.289. The van der Waals surface area contributed by atoms with Gasteiger partial charge in [-0.05, 0) is 51.6 Å². The third-order valence-electron chi connectivity index (χ3n) is 6.77. The zero-order valence-electron chi connectivity index (χ0n) is 15.9. The van der Waals surface area contributed by atoms with E-state index in [-0.39, 0.29) is 5.54 Å². The average molecular weight is 359 g/mol. The Labute approximate surface area is 157 Å². The predicted molar refractivity (Wildman–Crippen MR) is 106 cm³/mol. The second kappa shape index (κ2) is 7.69. The zero-order valence-corrected chi connectivity index (χ0v) is 15.9. The van der Waals surface area contributed by atoms with Gasteiger partial charge in [0, 0.05) is 30.1 Å². The topological polar surface area (TPSA) is 93.1 Å². The molecule has 0 bridgehead atoms. The summed E-state index contributed by atoms with van der Waals surface area (Å²) in [6, 6.07) is 2.41. The summed E-state index contributed by atoms with van der Waals surface area (Å²) >= 11 is 0. The minimum Gasteiger partial charge on any atom is -0.368 e. The van der Waals surface area contributed by atoms with Gasteiger partial charge < -0.3 is 16.8 Å². The summed E-state index contributed by atoms with van der Waals surface area (Å²) in [5, 5.41) is 3.64. The number of hydrogen-bond acceptors (Lipinski definition) is 6. The Morgan fingerprint density at radius 3 is 2.42 bits per heavy atom. The molecule has 0 unspecified atom stereocenters. The summed E-state index contributed by atoms with van der Waals surface area (Å²) in [6.07, 6.45) is 12.7. The van der Waals surface area contributed by atoms with Crippen molar-refractivity contribution in [1.82, 2.24) is 14.9 Å². The Morgan fingerprint density at radius 1 is 1.04 bits per heavy atom. The van der Waals surface area contributed by atoms with Crippen molar-refractivity contribution in [3.05, 3.63) is 11.8 Å². The van der Waals surface area contributed by atoms with Gasteiger partial charge in [0.15, 0.2) is 0 Å². The smallest absolute Gasteiger partial charge is 0.222 e. The van der Waals surface area contributed by atoms with E-state index < -0.39 is 0 Å². The third-order valence-corrected chi connectivity index (χ3v) is 6.77. The number of likely N-dealkylation sites (tertiary alicyclic amines) is 1. The number of rotatable bonds is 5. The summed E-state index contributed by atoms with van der Waals surface area (Å²) in [5.41, 5.74) is 13.3. The molecule has 6 nitrogen and oxygen atoms in total. The molecule has 2 heterocycles. The quantitative estimate of drug-likeness (QED) is 0.749. The summed E-state index contributed by atoms with van der Waals surface area (Å²) in [6.45, 7) is 3.46. The lowest BCUT2D eigenvalue weighted by molar-refractivity contribution is 0.0437. The molecule has 6 heteroatoms. The van der Waals surface area contributed by atoms with Crippen LogP contribution in [-0.4, -0.2) is 46.1 Å². The van der Waals surface area contributed by atoms with Crippen LogP contribution in [0.5, 0.6) is 0 Å². The van der Waals surface area contributed by atoms with E-state index in [0.717, 1.165) is 30.9 Å². The van der Waals surface area contributed by atoms with Crippen molar-refractivity contribution in [2.75, 3.05) is 30.7 Å². The number of nitrogens with one attached hydrogen (secondary N) is 1. The molecule has 3 aliphatic rings. The molecule has 0 spiro atoms. The van der Waals surface area contributed by atoms with Crippen molar-refractivity contribution in [1.29, 1.82) is 0 Å². The van der Waals surface area contributed by atoms with E-state index in [1.54, 1.807) is 0 Å². The van der Waals surface area contributed by atoms with Gasteiger partial charge >= 0.3 is 0 Å². The number of anilines is 2. The highest BCUT2D eigenvalue weighted by atomic mass is 15.2. The maximum atomic E-state index is 5.99. The third kappa shape index (κ3) is 3.81. The molecule has 3 fully saturated rings. The summed E-state index contributed by atoms with van der Waals surface area (Å²) in [5.74, 6) is 1.71. The Hall–Kier alpha value is -1.40. The lowest BCUT2D eigenvalue weighted by atomic mass is 9.78. The molecule has 0 aromatic carbocycles. The Bertz CT molecular complexity index is 600. The number of nitrogens with two attached hydrogens (primary N) is 2. The fraction of sp³-hybridized carbons (Fsp3) is 0.800. The summed E-state index contributed by atoms with van der Waals surface area (Å²) in [7, 11) is 0. The van der Waals surface area contributed by atoms with Gasteiger partial charge in [-0.15, -0.1) is 0 Å². The lowest BCUT2D eigenvalue weighted by Crippen LogP contribution is -2.56. The van der Waals surface area contributed by atoms with Gasteiger partial charge in [0.05, 0.1) is 5.69 Å². The van der Waals surface area contributed by atoms with Crippen LogP contribution in [0.2, 0.25) is 0 Å². The second-order valence-electron chi connectivity index (χ2n) is 8.65. The van der Waals surface area contributed by atoms with Gasteiger partial charge in [0.2, 0.25) is 5.95 Å². The van der Waals surface area contributed by atoms with E-state index in [0.29, 0.717) is 17.9 Å². The van der Waals surface area contributed by atoms with Crippen LogP contribution in [0, 0.1) is 0 Å². The molecule has 5 N–H and O–H groups in total. The lowest BCUT2D eigenvalue weighted by Gasteiger charge is -2.48. The van der Waals surface area contributed by atoms with Crippen LogP contribution in [0.4, 0.5) is 11.8 Å². The normalized spacial score (nSPS) is 29.1. The number of hydrogen-bond donors (Lipinski definition) is 3. The van der Waals surface area contributed by atoms with Crippen molar-refractivity contribution < 1.29 is 0 Å². The fourth-order valence-electron chi connectivity index (χ4n) is 5.13. The predicted octanol–water partition coefficient (Wildman–Crippen LogP) is 2.86. The first-order chi connectivity index (χ1) is 12.6. The van der Waals surface area contributed by atoms with Gasteiger partial charge in [0.1, 0.15) is 5.82 Å². The molecular formula is C20H34N6. The first-order valence-corrected chi connectivity index (χ1v) is 10.5. The Morgan fingerprint density at radius 2 is 1.73 bits per heavy atom. The van der Waals surface area contributed by atoms with Gasteiger partial charge in [-0.25, -0.2) is 4.98 Å². The first-order valence-electron chi connectivity index (χ1n) is 10.5. The number of nitrogens with zero attached hydrogens (tertiary/aromatic N) is 3. The van der Waals surface area contributed by atoms with Crippen molar-refractivity contribution in [3.63, 3.8) is 0 Å². The van der Waals surface area contributed by atoms with Gasteiger partial charge in [-0.1, -0.05) is 25.7 Å². The van der Waals surface area contributed by atoms with Crippen LogP contribution in [-0.2, 0) is 0 Å². The zero-order chi connectivity index (χ0) is 18.0. The maximum absolute atomic E-state index is 5.99. The van der Waals surface area contributed by atoms with Crippen LogP contribution < -0.4 is 16.8 Å². The van der Waals surface area contributed by atoms with Crippen molar-refractivity contribution in [3.8, 4) is 0 Å². The van der Waals surface area contributed by atoms with Crippen LogP contribution in [0.1, 0.15) is 75.8 Å². The first kappa shape index (κ1) is 18.0. The van der Waals surface area contributed by atoms with Gasteiger partial charge in [-0.3, -0.25) is 4.90 Å². The number of piperidine rings is 1. The molecule has 0 radical (unpaired) electrons. The standard InChI is InChI=1S/C20H34N6/c21-16-11-15(12-16)17-13-18(25-19(22)24-17)23-14-20(7-3-1-4-8-20)26-9-5-2-6-10-26/h13,15-16H,1-12,14,21H2,(H3,22,23,24,25). The van der Waals surface area contributed by atoms with E-state index in [2.05, 4.69) is 26.3 Å². The van der Waals surface area contributed by atoms with E-state index in [4.69, 9.17) is 11.5 Å². The molecule has 144 valence electrons. The minimum atomic E-state index is 0.289. The number of nitrogen functional groups attached to an aromatic ring is 1. The molecule has 2 aliphatic carbocycles. The Kier molecular flexibility index (Phi) is 5.32. The van der Waals surface area contributed by atoms with Crippen LogP contribution in [0.25, 0.3) is 0 Å². The number of aromatic nitrogens is 2. The van der Waals surface area contributed by atoms with Crippen molar-refractivity contribution in [2.45, 2.75) is 81.7 Å². The molecule has 26 heavy (non-hydrogen) atoms. The molecular weight excluding hydrogens is 324 g/mol. The summed E-state index contributed by atoms with van der Waals surface area (Å²) in [4.78, 5) is 11.7. The molecule has 1 aromatic heterocycles. The van der Waals surface area contributed by atoms with E-state index in [1.165, 1.54) is 64.5 Å². The SMILES string of the molecule is Nc1nc(NCC2(N3CCCCC3)CCCCC2)cc(C2CC(N)C2)n1.